The van der Waals surface area contributed by atoms with Gasteiger partial charge in [0.1, 0.15) is 17.6 Å². The van der Waals surface area contributed by atoms with E-state index in [4.69, 9.17) is 9.15 Å². The van der Waals surface area contributed by atoms with Crippen molar-refractivity contribution < 1.29 is 13.9 Å². The second-order valence-electron chi connectivity index (χ2n) is 6.55. The van der Waals surface area contributed by atoms with Gasteiger partial charge in [0.25, 0.3) is 0 Å². The lowest BCUT2D eigenvalue weighted by atomic mass is 10.1. The molecule has 1 fully saturated rings. The molecule has 0 saturated carbocycles. The summed E-state index contributed by atoms with van der Waals surface area (Å²) in [6, 6.07) is 11.1. The number of carbonyl (C=O) groups excluding carboxylic acids is 1. The van der Waals surface area contributed by atoms with Crippen LogP contribution in [0.15, 0.2) is 50.1 Å². The molecule has 26 heavy (non-hydrogen) atoms. The van der Waals surface area contributed by atoms with Crippen LogP contribution in [-0.2, 0) is 11.2 Å². The van der Waals surface area contributed by atoms with E-state index >= 15 is 0 Å². The highest BCUT2D eigenvalue weighted by atomic mass is 79.9. The van der Waals surface area contributed by atoms with Crippen molar-refractivity contribution in [2.24, 2.45) is 0 Å². The molecular weight excluding hydrogens is 398 g/mol. The van der Waals surface area contributed by atoms with Crippen LogP contribution in [0.3, 0.4) is 0 Å². The average molecular weight is 420 g/mol. The van der Waals surface area contributed by atoms with E-state index in [-0.39, 0.29) is 12.0 Å². The summed E-state index contributed by atoms with van der Waals surface area (Å²) in [5.74, 6) is 1.26. The quantitative estimate of drug-likeness (QED) is 0.740. The Hall–Kier alpha value is -2.08. The largest absolute Gasteiger partial charge is 0.490 e. The van der Waals surface area contributed by atoms with Crippen molar-refractivity contribution in [2.45, 2.75) is 38.7 Å². The van der Waals surface area contributed by atoms with Gasteiger partial charge in [0, 0.05) is 42.9 Å². The summed E-state index contributed by atoms with van der Waals surface area (Å²) in [5.41, 5.74) is 0.763. The Morgan fingerprint density at radius 1 is 1.23 bits per heavy atom. The smallest absolute Gasteiger partial charge is 0.339 e. The first-order valence-corrected chi connectivity index (χ1v) is 9.59. The molecule has 2 aromatic rings. The van der Waals surface area contributed by atoms with Crippen LogP contribution in [0, 0.1) is 6.92 Å². The predicted molar refractivity (Wildman–Crippen MR) is 102 cm³/mol. The van der Waals surface area contributed by atoms with Crippen LogP contribution in [0.4, 0.5) is 0 Å². The third-order valence-corrected chi connectivity index (χ3v) is 5.03. The highest BCUT2D eigenvalue weighted by Crippen LogP contribution is 2.20. The zero-order chi connectivity index (χ0) is 18.5. The Bertz CT molecular complexity index is 807. The molecule has 0 N–H and O–H groups in total. The maximum atomic E-state index is 12.4. The Morgan fingerprint density at radius 3 is 2.58 bits per heavy atom. The molecule has 0 bridgehead atoms. The molecule has 1 saturated heterocycles. The van der Waals surface area contributed by atoms with Gasteiger partial charge < -0.3 is 14.1 Å². The minimum absolute atomic E-state index is 0.0201. The van der Waals surface area contributed by atoms with E-state index in [1.165, 1.54) is 6.07 Å². The van der Waals surface area contributed by atoms with Gasteiger partial charge in [-0.25, -0.2) is 4.79 Å². The lowest BCUT2D eigenvalue weighted by molar-refractivity contribution is -0.132. The molecule has 138 valence electrons. The van der Waals surface area contributed by atoms with Crippen molar-refractivity contribution in [2.75, 3.05) is 13.1 Å². The number of nitrogens with zero attached hydrogens (tertiary/aromatic N) is 1. The number of ether oxygens (including phenoxy) is 1. The Morgan fingerprint density at radius 2 is 1.92 bits per heavy atom. The topological polar surface area (TPSA) is 59.8 Å². The lowest BCUT2D eigenvalue weighted by Gasteiger charge is -2.32. The van der Waals surface area contributed by atoms with Gasteiger partial charge in [0.15, 0.2) is 0 Å². The molecule has 2 heterocycles. The molecule has 0 spiro atoms. The molecule has 1 aliphatic rings. The van der Waals surface area contributed by atoms with Gasteiger partial charge in [0.2, 0.25) is 5.91 Å². The van der Waals surface area contributed by atoms with Crippen molar-refractivity contribution in [3.8, 4) is 5.75 Å². The average Bonchev–Trinajstić information content (AvgIpc) is 2.61. The van der Waals surface area contributed by atoms with Crippen LogP contribution in [-0.4, -0.2) is 30.0 Å². The summed E-state index contributed by atoms with van der Waals surface area (Å²) in [7, 11) is 0. The molecule has 6 heteroatoms. The number of hydrogen-bond donors (Lipinski definition) is 0. The SMILES string of the molecule is Cc1cc(OC2CCN(C(=O)CCc3ccc(Br)cc3)CC2)cc(=O)o1. The number of rotatable bonds is 5. The van der Waals surface area contributed by atoms with Gasteiger partial charge in [0.05, 0.1) is 6.07 Å². The monoisotopic (exact) mass is 419 g/mol. The summed E-state index contributed by atoms with van der Waals surface area (Å²) in [5, 5.41) is 0. The van der Waals surface area contributed by atoms with Gasteiger partial charge >= 0.3 is 5.63 Å². The molecule has 0 atom stereocenters. The zero-order valence-corrected chi connectivity index (χ0v) is 16.3. The fourth-order valence-electron chi connectivity index (χ4n) is 3.12. The summed E-state index contributed by atoms with van der Waals surface area (Å²) in [6.45, 7) is 3.09. The van der Waals surface area contributed by atoms with Crippen LogP contribution in [0.2, 0.25) is 0 Å². The van der Waals surface area contributed by atoms with E-state index in [0.29, 0.717) is 31.0 Å². The molecule has 3 rings (SSSR count). The van der Waals surface area contributed by atoms with E-state index in [1.807, 2.05) is 29.2 Å². The molecule has 5 nitrogen and oxygen atoms in total. The molecule has 0 aliphatic carbocycles. The van der Waals surface area contributed by atoms with Gasteiger partial charge in [-0.3, -0.25) is 4.79 Å². The van der Waals surface area contributed by atoms with Crippen LogP contribution < -0.4 is 10.4 Å². The van der Waals surface area contributed by atoms with Crippen molar-refractivity contribution in [3.63, 3.8) is 0 Å². The van der Waals surface area contributed by atoms with Crippen molar-refractivity contribution in [3.05, 3.63) is 62.6 Å². The van der Waals surface area contributed by atoms with Crippen LogP contribution in [0.5, 0.6) is 5.75 Å². The van der Waals surface area contributed by atoms with Crippen molar-refractivity contribution >= 4 is 21.8 Å². The van der Waals surface area contributed by atoms with Gasteiger partial charge in [-0.05, 0) is 31.0 Å². The number of carbonyl (C=O) groups is 1. The van der Waals surface area contributed by atoms with Crippen LogP contribution in [0.1, 0.15) is 30.6 Å². The fourth-order valence-corrected chi connectivity index (χ4v) is 3.38. The fraction of sp³-hybridized carbons (Fsp3) is 0.400. The number of halogens is 1. The predicted octanol–water partition coefficient (Wildman–Crippen LogP) is 3.71. The van der Waals surface area contributed by atoms with E-state index in [0.717, 1.165) is 29.3 Å². The number of benzene rings is 1. The van der Waals surface area contributed by atoms with E-state index in [2.05, 4.69) is 15.9 Å². The minimum atomic E-state index is -0.402. The highest BCUT2D eigenvalue weighted by molar-refractivity contribution is 9.10. The van der Waals surface area contributed by atoms with Gasteiger partial charge in [-0.2, -0.15) is 0 Å². The molecular formula is C20H22BrNO4. The molecule has 1 aromatic carbocycles. The highest BCUT2D eigenvalue weighted by Gasteiger charge is 2.24. The lowest BCUT2D eigenvalue weighted by Crippen LogP contribution is -2.41. The van der Waals surface area contributed by atoms with Crippen molar-refractivity contribution in [1.29, 1.82) is 0 Å². The zero-order valence-electron chi connectivity index (χ0n) is 14.7. The van der Waals surface area contributed by atoms with Crippen molar-refractivity contribution in [1.82, 2.24) is 4.90 Å². The number of hydrogen-bond acceptors (Lipinski definition) is 4. The summed E-state index contributed by atoms with van der Waals surface area (Å²) in [4.78, 5) is 25.7. The van der Waals surface area contributed by atoms with E-state index in [9.17, 15) is 9.59 Å². The number of piperidine rings is 1. The molecule has 0 unspecified atom stereocenters. The van der Waals surface area contributed by atoms with E-state index < -0.39 is 5.63 Å². The third-order valence-electron chi connectivity index (χ3n) is 4.51. The minimum Gasteiger partial charge on any atom is -0.490 e. The van der Waals surface area contributed by atoms with Gasteiger partial charge in [-0.1, -0.05) is 28.1 Å². The number of aryl methyl sites for hydroxylation is 2. The molecule has 1 aromatic heterocycles. The summed E-state index contributed by atoms with van der Waals surface area (Å²) < 4.78 is 11.9. The third kappa shape index (κ3) is 5.21. The standard InChI is InChI=1S/C20H22BrNO4/c1-14-12-18(13-20(24)25-14)26-17-8-10-22(11-9-17)19(23)7-4-15-2-5-16(21)6-3-15/h2-3,5-6,12-13,17H,4,7-11H2,1H3. The van der Waals surface area contributed by atoms with Crippen LogP contribution in [0.25, 0.3) is 0 Å². The molecule has 1 aliphatic heterocycles. The maximum absolute atomic E-state index is 12.4. The number of amides is 1. The first-order chi connectivity index (χ1) is 12.5. The first kappa shape index (κ1) is 18.7. The van der Waals surface area contributed by atoms with Crippen LogP contribution >= 0.6 is 15.9 Å². The molecule has 1 amide bonds. The first-order valence-electron chi connectivity index (χ1n) is 8.80. The summed E-state index contributed by atoms with van der Waals surface area (Å²) >= 11 is 3.42. The normalized spacial score (nSPS) is 15.1. The molecule has 0 radical (unpaired) electrons. The number of likely N-dealkylation sites (tertiary alicyclic amines) is 1. The Balaban J connectivity index is 1.46. The second kappa shape index (κ2) is 8.54. The van der Waals surface area contributed by atoms with Gasteiger partial charge in [-0.15, -0.1) is 0 Å². The summed E-state index contributed by atoms with van der Waals surface area (Å²) in [6.07, 6.45) is 2.83. The Labute approximate surface area is 161 Å². The van der Waals surface area contributed by atoms with E-state index in [1.54, 1.807) is 13.0 Å². The second-order valence-corrected chi connectivity index (χ2v) is 7.46. The maximum Gasteiger partial charge on any atom is 0.339 e. The Kier molecular flexibility index (Phi) is 6.14.